The summed E-state index contributed by atoms with van der Waals surface area (Å²) in [7, 11) is 0. The third-order valence-corrected chi connectivity index (χ3v) is 19.6. The molecule has 0 unspecified atom stereocenters. The van der Waals surface area contributed by atoms with Crippen molar-refractivity contribution in [3.8, 4) is 5.75 Å². The first-order valence-corrected chi connectivity index (χ1v) is 39.8. The van der Waals surface area contributed by atoms with Gasteiger partial charge in [-0.1, -0.05) is 104 Å². The van der Waals surface area contributed by atoms with Crippen molar-refractivity contribution in [2.24, 2.45) is 46.6 Å². The molecule has 1 aliphatic rings. The predicted octanol–water partition coefficient (Wildman–Crippen LogP) is -3.80. The van der Waals surface area contributed by atoms with Gasteiger partial charge in [-0.15, -0.1) is 0 Å². The summed E-state index contributed by atoms with van der Waals surface area (Å²) in [5.41, 5.74) is 23.3. The van der Waals surface area contributed by atoms with Gasteiger partial charge in [-0.2, -0.15) is 0 Å². The quantitative estimate of drug-likeness (QED) is 0.0172. The number of aromatic hydroxyl groups is 1. The number of aliphatic hydroxyl groups excluding tert-OH is 1. The van der Waals surface area contributed by atoms with E-state index in [1.165, 1.54) is 31.2 Å². The highest BCUT2D eigenvalue weighted by Crippen LogP contribution is 2.23. The number of unbranched alkanes of at least 4 members (excludes halogenated alkanes) is 1. The Hall–Kier alpha value is -11.6. The summed E-state index contributed by atoms with van der Waals surface area (Å²) in [6, 6.07) is -7.94. The lowest BCUT2D eigenvalue weighted by atomic mass is 9.96. The molecule has 0 saturated carbocycles. The average Bonchev–Trinajstić information content (AvgIpc) is 1.77. The number of primary amides is 1. The molecule has 2 aromatic rings. The molecule has 3 rings (SSSR count). The minimum Gasteiger partial charge on any atom is -0.508 e. The summed E-state index contributed by atoms with van der Waals surface area (Å²) >= 11 is 0. The summed E-state index contributed by atoms with van der Waals surface area (Å²) in [5.74, 6) is -21.0. The van der Waals surface area contributed by atoms with Crippen molar-refractivity contribution in [2.75, 3.05) is 19.6 Å². The van der Waals surface area contributed by atoms with E-state index in [2.05, 4.69) is 69.1 Å². The number of aliphatic carboxylic acids is 3. The molecule has 1 fully saturated rings. The number of aliphatic hydroxyl groups is 1. The van der Waals surface area contributed by atoms with Gasteiger partial charge in [-0.25, -0.2) is 4.79 Å². The van der Waals surface area contributed by atoms with Crippen molar-refractivity contribution in [3.05, 3.63) is 65.7 Å². The van der Waals surface area contributed by atoms with E-state index in [1.807, 2.05) is 0 Å². The average molecular weight is 1680 g/mol. The van der Waals surface area contributed by atoms with Crippen LogP contribution in [0.1, 0.15) is 170 Å². The number of carboxylic acid groups (broad SMARTS) is 3. The number of nitrogens with two attached hydrogens (primary N) is 4. The van der Waals surface area contributed by atoms with Gasteiger partial charge in [0.2, 0.25) is 82.7 Å². The molecule has 0 aliphatic carbocycles. The maximum Gasteiger partial charge on any atom is 0.326 e. The van der Waals surface area contributed by atoms with E-state index >= 15 is 0 Å². The monoisotopic (exact) mass is 1680 g/mol. The molecule has 1 aliphatic heterocycles. The van der Waals surface area contributed by atoms with E-state index in [-0.39, 0.29) is 95.0 Å². The molecule has 41 nitrogen and oxygen atoms in total. The van der Waals surface area contributed by atoms with E-state index < -0.39 is 241 Å². The highest BCUT2D eigenvalue weighted by molar-refractivity contribution is 6.01. The fourth-order valence-electron chi connectivity index (χ4n) is 12.7. The molecule has 27 N–H and O–H groups in total. The highest BCUT2D eigenvalue weighted by atomic mass is 16.4. The Kier molecular flexibility index (Phi) is 43.4. The lowest BCUT2D eigenvalue weighted by molar-refractivity contribution is -0.144. The number of nitrogens with one attached hydrogen (secondary N) is 14. The fourth-order valence-corrected chi connectivity index (χ4v) is 12.7. The molecule has 41 heteroatoms. The van der Waals surface area contributed by atoms with Crippen molar-refractivity contribution in [1.29, 1.82) is 5.41 Å². The number of hydrogen-bond donors (Lipinski definition) is 23. The number of benzene rings is 2. The minimum atomic E-state index is -1.98. The number of phenolic OH excluding ortho intramolecular Hbond substituents is 1. The SMILES string of the molecule is CC[C@H](C)[C@H](NC(=O)[C@H](CC(C)C)NC(=O)[C@H](CCCNC(=N)N)NC(=O)[C@H](CCCCN)NC(=O)[C@@H](NC(=O)[C@H](C)N)C(C)C)C(=O)N[C@@H](CCC(=O)O)C(=O)N[C@H](C(=O)N[C@@H](Cc1ccccc1)C(=O)N[C@H](C(=O)N1CCC[C@H]1C(=O)N[C@@H](CCC(=O)O)C(=O)N[C@@H](CC(N)=O)C(=O)N[C@@H](Cc1ccc(O)cc1)C(=O)O)C(C)C)[C@@H](C)O. The van der Waals surface area contributed by atoms with Crippen molar-refractivity contribution in [2.45, 2.75) is 263 Å². The molecule has 2 aromatic carbocycles. The second-order valence-corrected chi connectivity index (χ2v) is 30.9. The number of guanidine groups is 1. The largest absolute Gasteiger partial charge is 0.508 e. The third kappa shape index (κ3) is 35.6. The number of hydrogen-bond acceptors (Lipinski definition) is 22. The molecule has 1 saturated heterocycles. The van der Waals surface area contributed by atoms with E-state index in [9.17, 15) is 107 Å². The van der Waals surface area contributed by atoms with Gasteiger partial charge < -0.3 is 122 Å². The Morgan fingerprint density at radius 1 is 0.487 bits per heavy atom. The molecule has 16 atom stereocenters. The summed E-state index contributed by atoms with van der Waals surface area (Å²) in [6.45, 7) is 15.9. The lowest BCUT2D eigenvalue weighted by Crippen LogP contribution is -2.63. The van der Waals surface area contributed by atoms with Crippen LogP contribution in [0.25, 0.3) is 0 Å². The molecule has 0 spiro atoms. The van der Waals surface area contributed by atoms with E-state index in [0.717, 1.165) is 11.8 Å². The number of likely N-dealkylation sites (tertiary alicyclic amines) is 1. The number of carbonyl (C=O) groups excluding carboxylic acids is 14. The number of phenols is 1. The van der Waals surface area contributed by atoms with Crippen LogP contribution in [0.5, 0.6) is 5.75 Å². The Bertz CT molecular complexity index is 3810. The number of nitrogens with zero attached hydrogens (tertiary/aromatic N) is 1. The first-order valence-electron chi connectivity index (χ1n) is 39.8. The van der Waals surface area contributed by atoms with Crippen molar-refractivity contribution in [3.63, 3.8) is 0 Å². The predicted molar refractivity (Wildman–Crippen MR) is 431 cm³/mol. The normalized spacial score (nSPS) is 16.3. The second-order valence-electron chi connectivity index (χ2n) is 30.9. The highest BCUT2D eigenvalue weighted by Gasteiger charge is 2.43. The fraction of sp³-hybridized carbons (Fsp3) is 0.615. The molecule has 0 bridgehead atoms. The van der Waals surface area contributed by atoms with Gasteiger partial charge in [0.25, 0.3) is 0 Å². The number of carbonyl (C=O) groups is 17. The molecule has 14 amide bonds. The van der Waals surface area contributed by atoms with Crippen LogP contribution in [-0.4, -0.2) is 247 Å². The number of rotatable bonds is 53. The van der Waals surface area contributed by atoms with E-state index in [0.29, 0.717) is 24.0 Å². The number of amides is 14. The van der Waals surface area contributed by atoms with Crippen LogP contribution >= 0.6 is 0 Å². The van der Waals surface area contributed by atoms with Crippen molar-refractivity contribution >= 4 is 107 Å². The Labute approximate surface area is 690 Å². The zero-order valence-electron chi connectivity index (χ0n) is 69.0. The topological polar surface area (TPSA) is 679 Å². The number of carboxylic acids is 3. The van der Waals surface area contributed by atoms with Gasteiger partial charge in [0.1, 0.15) is 84.3 Å². The molecule has 662 valence electrons. The molecule has 119 heavy (non-hydrogen) atoms. The van der Waals surface area contributed by atoms with Crippen LogP contribution in [0, 0.1) is 29.1 Å². The Morgan fingerprint density at radius 2 is 0.916 bits per heavy atom. The van der Waals surface area contributed by atoms with Crippen LogP contribution in [0.4, 0.5) is 0 Å². The van der Waals surface area contributed by atoms with Crippen LogP contribution in [0.15, 0.2) is 54.6 Å². The van der Waals surface area contributed by atoms with Crippen molar-refractivity contribution < 1.29 is 107 Å². The van der Waals surface area contributed by atoms with Crippen LogP contribution < -0.4 is 92.1 Å². The van der Waals surface area contributed by atoms with Crippen molar-refractivity contribution in [1.82, 2.24) is 74.0 Å². The van der Waals surface area contributed by atoms with Gasteiger partial charge in [0, 0.05) is 38.8 Å². The summed E-state index contributed by atoms with van der Waals surface area (Å²) in [4.78, 5) is 235. The van der Waals surface area contributed by atoms with Crippen LogP contribution in [0.2, 0.25) is 0 Å². The summed E-state index contributed by atoms with van der Waals surface area (Å²) < 4.78 is 0. The van der Waals surface area contributed by atoms with Gasteiger partial charge >= 0.3 is 17.9 Å². The maximum atomic E-state index is 14.8. The second kappa shape index (κ2) is 50.9. The molecule has 0 radical (unpaired) electrons. The molecular formula is C78H123N19O22. The minimum absolute atomic E-state index is 0.0363. The van der Waals surface area contributed by atoms with E-state index in [1.54, 1.807) is 85.7 Å². The summed E-state index contributed by atoms with van der Waals surface area (Å²) in [6.07, 6.45) is -4.99. The zero-order valence-corrected chi connectivity index (χ0v) is 69.0. The smallest absolute Gasteiger partial charge is 0.326 e. The third-order valence-electron chi connectivity index (χ3n) is 19.6. The summed E-state index contributed by atoms with van der Waals surface area (Å²) in [5, 5.41) is 91.0. The zero-order chi connectivity index (χ0) is 89.7. The van der Waals surface area contributed by atoms with Crippen LogP contribution in [0.3, 0.4) is 0 Å². The first-order chi connectivity index (χ1) is 55.9. The molecule has 1 heterocycles. The van der Waals surface area contributed by atoms with Gasteiger partial charge in [-0.05, 0) is 132 Å². The lowest BCUT2D eigenvalue weighted by Gasteiger charge is -2.32. The van der Waals surface area contributed by atoms with Gasteiger partial charge in [-0.3, -0.25) is 82.1 Å². The van der Waals surface area contributed by atoms with Gasteiger partial charge in [0.15, 0.2) is 5.96 Å². The Morgan fingerprint density at radius 3 is 1.42 bits per heavy atom. The van der Waals surface area contributed by atoms with Gasteiger partial charge in [0.05, 0.1) is 18.6 Å². The van der Waals surface area contributed by atoms with Crippen LogP contribution in [-0.2, 0) is 94.3 Å². The molecular weight excluding hydrogens is 1550 g/mol. The van der Waals surface area contributed by atoms with E-state index in [4.69, 9.17) is 28.3 Å². The standard InChI is InChI=1S/C78H123N19O22/c1-11-42(8)62(95-70(111)52(35-39(2)3)89-66(107)49(22-17-33-84-78(82)83)85-65(106)48(21-15-16-32-79)87-73(114)60(40(4)5)93-64(105)43(9)80)74(115)88-51(29-31-59(103)104)68(109)96-63(44(10)98)75(116)91-53(36-45-19-13-12-14-20-45)71(112)94-61(41(6)7)76(117)97-34-18-23-56(97)72(113)86-50(28-30-58(101)102)67(108)90-54(38-57(81)100)69(110)92-55(77(118)119)37-46-24-26-47(99)27-25-46/h12-14,19-20,24-27,39-44,48-56,60-63,98-99H,11,15-18,21-23,28-38,79-80H2,1-10H3,(H2,81,100)(H,85,106)(H,86,113)(H,87,114)(H,88,115)(H,89,107)(H,90,108)(H,91,116)(H,92,110)(H,93,105)(H,94,112)(H,95,111)(H,96,109)(H,101,102)(H,103,104)(H,118,119)(H4,82,83,84)/t42-,43-,44+,48-,49-,50-,51-,52-,53-,54-,55-,56-,60-,61-,62-,63-/m0/s1. The molecule has 0 aromatic heterocycles. The Balaban J connectivity index is 1.96. The first kappa shape index (κ1) is 102. The maximum absolute atomic E-state index is 14.8.